The van der Waals surface area contributed by atoms with E-state index < -0.39 is 22.9 Å². The normalized spacial score (nSPS) is 33.3. The largest absolute Gasteiger partial charge is 0.481 e. The Morgan fingerprint density at radius 3 is 2.18 bits per heavy atom. The molecule has 1 aliphatic heterocycles. The third-order valence-electron chi connectivity index (χ3n) is 4.64. The van der Waals surface area contributed by atoms with E-state index in [1.54, 1.807) is 6.92 Å². The maximum Gasteiger partial charge on any atom is 0.323 e. The van der Waals surface area contributed by atoms with Crippen molar-refractivity contribution in [1.29, 1.82) is 0 Å². The Morgan fingerprint density at radius 2 is 1.76 bits per heavy atom. The number of nitrogens with zero attached hydrogens (tertiary/aromatic N) is 1. The summed E-state index contributed by atoms with van der Waals surface area (Å²) in [5, 5.41) is 18.6. The van der Waals surface area contributed by atoms with E-state index in [0.29, 0.717) is 25.8 Å². The second kappa shape index (κ2) is 3.70. The van der Waals surface area contributed by atoms with Crippen LogP contribution >= 0.6 is 0 Å². The Balaban J connectivity index is 2.23. The van der Waals surface area contributed by atoms with Crippen LogP contribution < -0.4 is 0 Å². The summed E-state index contributed by atoms with van der Waals surface area (Å²) in [6, 6.07) is -0.205. The SMILES string of the molecule is CC(N1CCC[C@]1(C)C(=O)O)C1(C(=O)O)CC1. The average Bonchev–Trinajstić information content (AvgIpc) is 2.96. The standard InChI is InChI=1S/C12H19NO4/c1-8(12(5-6-12)10(16)17)13-7-3-4-11(13,2)9(14)15/h8H,3-7H2,1-2H3,(H,14,15)(H,16,17)/t8?,11-/m1/s1. The second-order valence-electron chi connectivity index (χ2n) is 5.51. The molecule has 2 fully saturated rings. The van der Waals surface area contributed by atoms with Gasteiger partial charge in [-0.25, -0.2) is 0 Å². The van der Waals surface area contributed by atoms with Gasteiger partial charge in [-0.2, -0.15) is 0 Å². The van der Waals surface area contributed by atoms with E-state index in [9.17, 15) is 19.8 Å². The van der Waals surface area contributed by atoms with Crippen molar-refractivity contribution >= 4 is 11.9 Å². The molecule has 1 saturated heterocycles. The van der Waals surface area contributed by atoms with E-state index in [1.807, 2.05) is 11.8 Å². The Kier molecular flexibility index (Phi) is 2.69. The molecule has 96 valence electrons. The highest BCUT2D eigenvalue weighted by atomic mass is 16.4. The zero-order chi connectivity index (χ0) is 12.8. The van der Waals surface area contributed by atoms with Crippen LogP contribution in [0.4, 0.5) is 0 Å². The summed E-state index contributed by atoms with van der Waals surface area (Å²) in [7, 11) is 0. The summed E-state index contributed by atoms with van der Waals surface area (Å²) in [6.07, 6.45) is 2.75. The number of likely N-dealkylation sites (tertiary alicyclic amines) is 1. The molecule has 0 aromatic heterocycles. The average molecular weight is 241 g/mol. The molecule has 17 heavy (non-hydrogen) atoms. The molecule has 2 aliphatic rings. The maximum absolute atomic E-state index is 11.4. The van der Waals surface area contributed by atoms with Gasteiger partial charge in [0.05, 0.1) is 5.41 Å². The quantitative estimate of drug-likeness (QED) is 0.772. The third-order valence-corrected chi connectivity index (χ3v) is 4.64. The smallest absolute Gasteiger partial charge is 0.323 e. The lowest BCUT2D eigenvalue weighted by molar-refractivity contribution is -0.155. The fraction of sp³-hybridized carbons (Fsp3) is 0.833. The third kappa shape index (κ3) is 1.64. The van der Waals surface area contributed by atoms with Crippen LogP contribution in [0.5, 0.6) is 0 Å². The molecule has 5 nitrogen and oxygen atoms in total. The van der Waals surface area contributed by atoms with Crippen molar-refractivity contribution in [3.05, 3.63) is 0 Å². The molecular weight excluding hydrogens is 222 g/mol. The molecule has 1 saturated carbocycles. The lowest BCUT2D eigenvalue weighted by atomic mass is 9.91. The molecule has 1 unspecified atom stereocenters. The van der Waals surface area contributed by atoms with Gasteiger partial charge in [-0.15, -0.1) is 0 Å². The van der Waals surface area contributed by atoms with Gasteiger partial charge in [0, 0.05) is 6.04 Å². The van der Waals surface area contributed by atoms with E-state index >= 15 is 0 Å². The van der Waals surface area contributed by atoms with Gasteiger partial charge >= 0.3 is 11.9 Å². The summed E-state index contributed by atoms with van der Waals surface area (Å²) in [5.74, 6) is -1.63. The van der Waals surface area contributed by atoms with Gasteiger partial charge < -0.3 is 10.2 Å². The molecule has 0 aromatic carbocycles. The Labute approximate surface area is 100 Å². The number of hydrogen-bond acceptors (Lipinski definition) is 3. The van der Waals surface area contributed by atoms with Crippen molar-refractivity contribution in [2.24, 2.45) is 5.41 Å². The number of aliphatic carboxylic acids is 2. The minimum atomic E-state index is -0.898. The molecule has 0 amide bonds. The Morgan fingerprint density at radius 1 is 1.18 bits per heavy atom. The number of carboxylic acids is 2. The highest BCUT2D eigenvalue weighted by Crippen LogP contribution is 2.52. The minimum absolute atomic E-state index is 0.205. The molecule has 0 bridgehead atoms. The summed E-state index contributed by atoms with van der Waals surface area (Å²) in [6.45, 7) is 4.24. The lowest BCUT2D eigenvalue weighted by Gasteiger charge is -2.38. The first-order chi connectivity index (χ1) is 7.84. The van der Waals surface area contributed by atoms with Crippen LogP contribution in [0.15, 0.2) is 0 Å². The predicted octanol–water partition coefficient (Wildman–Crippen LogP) is 1.18. The molecule has 2 N–H and O–H groups in total. The van der Waals surface area contributed by atoms with Crippen LogP contribution in [-0.4, -0.2) is 45.2 Å². The van der Waals surface area contributed by atoms with Crippen molar-refractivity contribution in [3.8, 4) is 0 Å². The Bertz CT molecular complexity index is 364. The fourth-order valence-corrected chi connectivity index (χ4v) is 3.08. The van der Waals surface area contributed by atoms with Gasteiger partial charge in [-0.3, -0.25) is 14.5 Å². The summed E-state index contributed by atoms with van der Waals surface area (Å²) >= 11 is 0. The fourth-order valence-electron chi connectivity index (χ4n) is 3.08. The van der Waals surface area contributed by atoms with Crippen molar-refractivity contribution in [1.82, 2.24) is 4.90 Å². The molecule has 5 heteroatoms. The number of rotatable bonds is 4. The molecular formula is C12H19NO4. The predicted molar refractivity (Wildman–Crippen MR) is 60.7 cm³/mol. The van der Waals surface area contributed by atoms with Crippen molar-refractivity contribution in [3.63, 3.8) is 0 Å². The van der Waals surface area contributed by atoms with E-state index in [4.69, 9.17) is 0 Å². The summed E-state index contributed by atoms with van der Waals surface area (Å²) < 4.78 is 0. The topological polar surface area (TPSA) is 77.8 Å². The van der Waals surface area contributed by atoms with Crippen molar-refractivity contribution in [2.45, 2.75) is 51.1 Å². The van der Waals surface area contributed by atoms with Gasteiger partial charge in [-0.05, 0) is 46.1 Å². The van der Waals surface area contributed by atoms with Crippen molar-refractivity contribution in [2.75, 3.05) is 6.54 Å². The highest BCUT2D eigenvalue weighted by Gasteiger charge is 2.60. The number of hydrogen-bond donors (Lipinski definition) is 2. The number of carboxylic acid groups (broad SMARTS) is 2. The zero-order valence-corrected chi connectivity index (χ0v) is 10.3. The van der Waals surface area contributed by atoms with Crippen LogP contribution in [0.25, 0.3) is 0 Å². The molecule has 0 aromatic rings. The zero-order valence-electron chi connectivity index (χ0n) is 10.3. The van der Waals surface area contributed by atoms with E-state index in [0.717, 1.165) is 6.42 Å². The second-order valence-corrected chi connectivity index (χ2v) is 5.51. The van der Waals surface area contributed by atoms with Gasteiger partial charge in [0.1, 0.15) is 5.54 Å². The molecule has 2 rings (SSSR count). The molecule has 0 spiro atoms. The molecule has 1 aliphatic carbocycles. The van der Waals surface area contributed by atoms with E-state index in [2.05, 4.69) is 0 Å². The first-order valence-electron chi connectivity index (χ1n) is 6.08. The highest BCUT2D eigenvalue weighted by molar-refractivity contribution is 5.81. The van der Waals surface area contributed by atoms with E-state index in [1.165, 1.54) is 0 Å². The molecule has 0 radical (unpaired) electrons. The summed E-state index contributed by atoms with van der Waals surface area (Å²) in [4.78, 5) is 24.5. The van der Waals surface area contributed by atoms with Crippen LogP contribution in [0, 0.1) is 5.41 Å². The van der Waals surface area contributed by atoms with Crippen molar-refractivity contribution < 1.29 is 19.8 Å². The molecule has 1 heterocycles. The number of carbonyl (C=O) groups is 2. The maximum atomic E-state index is 11.4. The van der Waals surface area contributed by atoms with E-state index in [-0.39, 0.29) is 6.04 Å². The first kappa shape index (κ1) is 12.4. The molecule has 2 atom stereocenters. The monoisotopic (exact) mass is 241 g/mol. The lowest BCUT2D eigenvalue weighted by Crippen LogP contribution is -2.55. The minimum Gasteiger partial charge on any atom is -0.481 e. The van der Waals surface area contributed by atoms with Gasteiger partial charge in [0.15, 0.2) is 0 Å². The van der Waals surface area contributed by atoms with Crippen LogP contribution in [-0.2, 0) is 9.59 Å². The van der Waals surface area contributed by atoms with Gasteiger partial charge in [-0.1, -0.05) is 0 Å². The first-order valence-corrected chi connectivity index (χ1v) is 6.08. The van der Waals surface area contributed by atoms with Gasteiger partial charge in [0.25, 0.3) is 0 Å². The van der Waals surface area contributed by atoms with Crippen LogP contribution in [0.3, 0.4) is 0 Å². The Hall–Kier alpha value is -1.10. The van der Waals surface area contributed by atoms with Gasteiger partial charge in [0.2, 0.25) is 0 Å². The van der Waals surface area contributed by atoms with Crippen LogP contribution in [0.2, 0.25) is 0 Å². The summed E-state index contributed by atoms with van der Waals surface area (Å²) in [5.41, 5.74) is -1.61. The van der Waals surface area contributed by atoms with Crippen LogP contribution in [0.1, 0.15) is 39.5 Å².